The number of rotatable bonds is 8. The number of hydrogen-bond donors (Lipinski definition) is 3. The lowest BCUT2D eigenvalue weighted by molar-refractivity contribution is 0.329. The maximum absolute atomic E-state index is 11.3. The van der Waals surface area contributed by atoms with E-state index in [0.717, 1.165) is 11.9 Å². The molecule has 0 aromatic heterocycles. The van der Waals surface area contributed by atoms with Gasteiger partial charge in [-0.3, -0.25) is 4.72 Å². The van der Waals surface area contributed by atoms with Gasteiger partial charge in [0.2, 0.25) is 10.0 Å². The van der Waals surface area contributed by atoms with Crippen LogP contribution in [0.1, 0.15) is 25.3 Å². The second-order valence-corrected chi connectivity index (χ2v) is 8.17. The Labute approximate surface area is 160 Å². The summed E-state index contributed by atoms with van der Waals surface area (Å²) in [4.78, 5) is 4.24. The molecule has 4 N–H and O–H groups in total. The number of aliphatic imine (C=N–C) groups is 1. The molecule has 8 heteroatoms. The van der Waals surface area contributed by atoms with Crippen molar-refractivity contribution in [3.8, 4) is 5.75 Å². The average Bonchev–Trinajstić information content (AvgIpc) is 2.58. The van der Waals surface area contributed by atoms with E-state index in [1.165, 1.54) is 5.56 Å². The van der Waals surface area contributed by atoms with E-state index < -0.39 is 10.0 Å². The van der Waals surface area contributed by atoms with Gasteiger partial charge in [-0.25, -0.2) is 13.4 Å². The lowest BCUT2D eigenvalue weighted by Gasteiger charge is -2.10. The predicted molar refractivity (Wildman–Crippen MR) is 111 cm³/mol. The fraction of sp³-hybridized carbons (Fsp3) is 0.316. The molecule has 0 saturated carbocycles. The van der Waals surface area contributed by atoms with Crippen LogP contribution in [0.15, 0.2) is 53.5 Å². The molecule has 0 aliphatic carbocycles. The van der Waals surface area contributed by atoms with Crippen molar-refractivity contribution in [1.82, 2.24) is 0 Å². The number of benzene rings is 2. The Kier molecular flexibility index (Phi) is 7.06. The zero-order valence-corrected chi connectivity index (χ0v) is 16.6. The highest BCUT2D eigenvalue weighted by atomic mass is 32.2. The zero-order chi connectivity index (χ0) is 19.9. The average molecular weight is 391 g/mol. The van der Waals surface area contributed by atoms with Crippen LogP contribution in [-0.2, 0) is 10.0 Å². The van der Waals surface area contributed by atoms with Crippen molar-refractivity contribution in [3.05, 3.63) is 54.1 Å². The Balaban J connectivity index is 1.85. The molecule has 0 heterocycles. The molecule has 7 nitrogen and oxygen atoms in total. The standard InChI is InChI=1S/C19H26N4O3S/c1-14(2)15-6-4-7-16(12-15)22-19(20)21-10-11-26-18-9-5-8-17(13-18)23-27(3,24)25/h4-9,12-14,23H,10-11H2,1-3H3,(H3,20,21,22). The van der Waals surface area contributed by atoms with Gasteiger partial charge in [-0.05, 0) is 35.7 Å². The minimum absolute atomic E-state index is 0.312. The van der Waals surface area contributed by atoms with Crippen LogP contribution < -0.4 is 20.5 Å². The van der Waals surface area contributed by atoms with Gasteiger partial charge < -0.3 is 15.8 Å². The van der Waals surface area contributed by atoms with Gasteiger partial charge in [0.05, 0.1) is 18.5 Å². The molecule has 146 valence electrons. The van der Waals surface area contributed by atoms with Crippen molar-refractivity contribution in [2.45, 2.75) is 19.8 Å². The van der Waals surface area contributed by atoms with Crippen LogP contribution in [0.2, 0.25) is 0 Å². The summed E-state index contributed by atoms with van der Waals surface area (Å²) in [5, 5.41) is 3.07. The number of guanidine groups is 1. The van der Waals surface area contributed by atoms with Crippen molar-refractivity contribution in [1.29, 1.82) is 0 Å². The third-order valence-corrected chi connectivity index (χ3v) is 4.21. The molecular weight excluding hydrogens is 364 g/mol. The quantitative estimate of drug-likeness (QED) is 0.365. The van der Waals surface area contributed by atoms with Gasteiger partial charge in [-0.1, -0.05) is 32.0 Å². The van der Waals surface area contributed by atoms with Crippen molar-refractivity contribution < 1.29 is 13.2 Å². The highest BCUT2D eigenvalue weighted by molar-refractivity contribution is 7.92. The molecule has 0 spiro atoms. The molecule has 0 atom stereocenters. The van der Waals surface area contributed by atoms with Gasteiger partial charge in [0.15, 0.2) is 5.96 Å². The third-order valence-electron chi connectivity index (χ3n) is 3.61. The van der Waals surface area contributed by atoms with Crippen LogP contribution in [0.25, 0.3) is 0 Å². The number of ether oxygens (including phenoxy) is 1. The first kappa shape index (κ1) is 20.6. The predicted octanol–water partition coefficient (Wildman–Crippen LogP) is 2.99. The van der Waals surface area contributed by atoms with Crippen molar-refractivity contribution in [3.63, 3.8) is 0 Å². The second kappa shape index (κ2) is 9.27. The molecule has 2 rings (SSSR count). The summed E-state index contributed by atoms with van der Waals surface area (Å²) in [5.41, 5.74) is 8.47. The van der Waals surface area contributed by atoms with E-state index in [-0.39, 0.29) is 0 Å². The molecule has 0 saturated heterocycles. The largest absolute Gasteiger partial charge is 0.492 e. The summed E-state index contributed by atoms with van der Waals surface area (Å²) in [6.07, 6.45) is 1.10. The van der Waals surface area contributed by atoms with E-state index in [1.54, 1.807) is 24.3 Å². The van der Waals surface area contributed by atoms with E-state index in [4.69, 9.17) is 10.5 Å². The molecule has 27 heavy (non-hydrogen) atoms. The number of sulfonamides is 1. The van der Waals surface area contributed by atoms with Gasteiger partial charge in [0.1, 0.15) is 12.4 Å². The lowest BCUT2D eigenvalue weighted by Crippen LogP contribution is -2.23. The van der Waals surface area contributed by atoms with Gasteiger partial charge in [0.25, 0.3) is 0 Å². The van der Waals surface area contributed by atoms with Crippen molar-refractivity contribution >= 4 is 27.4 Å². The van der Waals surface area contributed by atoms with Crippen LogP contribution in [-0.4, -0.2) is 33.8 Å². The Morgan fingerprint density at radius 3 is 2.56 bits per heavy atom. The summed E-state index contributed by atoms with van der Waals surface area (Å²) in [6.45, 7) is 4.95. The molecule has 0 aliphatic rings. The SMILES string of the molecule is CC(C)c1cccc(NC(N)=NCCOc2cccc(NS(C)(=O)=O)c2)c1. The highest BCUT2D eigenvalue weighted by Gasteiger charge is 2.03. The fourth-order valence-corrected chi connectivity index (χ4v) is 2.91. The molecule has 0 aliphatic heterocycles. The molecule has 0 unspecified atom stereocenters. The third kappa shape index (κ3) is 7.57. The van der Waals surface area contributed by atoms with Gasteiger partial charge >= 0.3 is 0 Å². The zero-order valence-electron chi connectivity index (χ0n) is 15.8. The van der Waals surface area contributed by atoms with Gasteiger partial charge in [-0.15, -0.1) is 0 Å². The topological polar surface area (TPSA) is 106 Å². The van der Waals surface area contributed by atoms with Crippen molar-refractivity contribution in [2.75, 3.05) is 29.4 Å². The number of nitrogens with one attached hydrogen (secondary N) is 2. The maximum Gasteiger partial charge on any atom is 0.229 e. The molecule has 0 fully saturated rings. The van der Waals surface area contributed by atoms with Crippen LogP contribution in [0.4, 0.5) is 11.4 Å². The Bertz CT molecular complexity index is 895. The number of hydrogen-bond acceptors (Lipinski definition) is 4. The minimum atomic E-state index is -3.32. The second-order valence-electron chi connectivity index (χ2n) is 6.42. The monoisotopic (exact) mass is 390 g/mol. The molecule has 2 aromatic rings. The van der Waals surface area contributed by atoms with E-state index in [0.29, 0.717) is 36.5 Å². The Morgan fingerprint density at radius 2 is 1.85 bits per heavy atom. The molecule has 0 radical (unpaired) electrons. The fourth-order valence-electron chi connectivity index (χ4n) is 2.36. The first-order valence-corrected chi connectivity index (χ1v) is 10.5. The number of nitrogens with two attached hydrogens (primary N) is 1. The van der Waals surface area contributed by atoms with Crippen LogP contribution in [0.3, 0.4) is 0 Å². The lowest BCUT2D eigenvalue weighted by atomic mass is 10.0. The van der Waals surface area contributed by atoms with E-state index in [9.17, 15) is 8.42 Å². The Morgan fingerprint density at radius 1 is 1.15 bits per heavy atom. The maximum atomic E-state index is 11.3. The van der Waals surface area contributed by atoms with Crippen LogP contribution >= 0.6 is 0 Å². The smallest absolute Gasteiger partial charge is 0.229 e. The van der Waals surface area contributed by atoms with Gasteiger partial charge in [-0.2, -0.15) is 0 Å². The first-order valence-electron chi connectivity index (χ1n) is 8.60. The summed E-state index contributed by atoms with van der Waals surface area (Å²) < 4.78 is 30.5. The first-order chi connectivity index (χ1) is 12.7. The molecular formula is C19H26N4O3S. The van der Waals surface area contributed by atoms with Gasteiger partial charge in [0, 0.05) is 11.8 Å². The molecule has 0 bridgehead atoms. The summed E-state index contributed by atoms with van der Waals surface area (Å²) in [5.74, 6) is 1.30. The molecule has 0 amide bonds. The van der Waals surface area contributed by atoms with Crippen molar-refractivity contribution in [2.24, 2.45) is 10.7 Å². The van der Waals surface area contributed by atoms with E-state index >= 15 is 0 Å². The van der Waals surface area contributed by atoms with E-state index in [1.807, 2.05) is 18.2 Å². The molecule has 2 aromatic carbocycles. The number of anilines is 2. The summed E-state index contributed by atoms with van der Waals surface area (Å²) in [6, 6.07) is 14.8. The Hall–Kier alpha value is -2.74. The van der Waals surface area contributed by atoms with Crippen LogP contribution in [0.5, 0.6) is 5.75 Å². The number of nitrogens with zero attached hydrogens (tertiary/aromatic N) is 1. The summed E-state index contributed by atoms with van der Waals surface area (Å²) >= 11 is 0. The van der Waals surface area contributed by atoms with Crippen LogP contribution in [0, 0.1) is 0 Å². The van der Waals surface area contributed by atoms with E-state index in [2.05, 4.69) is 34.9 Å². The summed E-state index contributed by atoms with van der Waals surface area (Å²) in [7, 11) is -3.32. The normalized spacial score (nSPS) is 12.1. The highest BCUT2D eigenvalue weighted by Crippen LogP contribution is 2.19. The minimum Gasteiger partial charge on any atom is -0.492 e.